The van der Waals surface area contributed by atoms with Crippen molar-refractivity contribution in [1.29, 1.82) is 0 Å². The van der Waals surface area contributed by atoms with E-state index < -0.39 is 0 Å². The molecule has 0 radical (unpaired) electrons. The van der Waals surface area contributed by atoms with E-state index in [1.807, 2.05) is 18.2 Å². The second-order valence-corrected chi connectivity index (χ2v) is 5.47. The quantitative estimate of drug-likeness (QED) is 0.857. The van der Waals surface area contributed by atoms with Crippen molar-refractivity contribution in [2.24, 2.45) is 0 Å². The fourth-order valence-corrected chi connectivity index (χ4v) is 2.87. The van der Waals surface area contributed by atoms with Crippen LogP contribution in [0.3, 0.4) is 0 Å². The number of ether oxygens (including phenoxy) is 4. The summed E-state index contributed by atoms with van der Waals surface area (Å²) in [6.07, 6.45) is 2.78. The molecule has 2 N–H and O–H groups in total. The molecule has 0 saturated carbocycles. The van der Waals surface area contributed by atoms with Gasteiger partial charge < -0.3 is 24.7 Å². The largest absolute Gasteiger partial charge is 0.497 e. The maximum Gasteiger partial charge on any atom is 0.146 e. The zero-order valence-corrected chi connectivity index (χ0v) is 11.8. The SMILES string of the molecule is COc1ccc(N)c(OC2CCOC3(CCOC3)C2)c1. The Hall–Kier alpha value is -1.46. The van der Waals surface area contributed by atoms with Crippen LogP contribution < -0.4 is 15.2 Å². The molecule has 2 fully saturated rings. The fraction of sp³-hybridized carbons (Fsp3) is 0.600. The lowest BCUT2D eigenvalue weighted by Crippen LogP contribution is -2.44. The van der Waals surface area contributed by atoms with E-state index in [9.17, 15) is 0 Å². The summed E-state index contributed by atoms with van der Waals surface area (Å²) < 4.78 is 22.7. The summed E-state index contributed by atoms with van der Waals surface area (Å²) in [5.41, 5.74) is 6.45. The van der Waals surface area contributed by atoms with Gasteiger partial charge in [-0.3, -0.25) is 0 Å². The van der Waals surface area contributed by atoms with Crippen LogP contribution in [0.2, 0.25) is 0 Å². The van der Waals surface area contributed by atoms with Gasteiger partial charge in [-0.05, 0) is 12.1 Å². The summed E-state index contributed by atoms with van der Waals surface area (Å²) in [6, 6.07) is 5.48. The van der Waals surface area contributed by atoms with E-state index in [0.717, 1.165) is 31.6 Å². The van der Waals surface area contributed by atoms with Crippen molar-refractivity contribution in [3.63, 3.8) is 0 Å². The Labute approximate surface area is 118 Å². The first kappa shape index (κ1) is 13.5. The van der Waals surface area contributed by atoms with Gasteiger partial charge in [-0.2, -0.15) is 0 Å². The average Bonchev–Trinajstić information content (AvgIpc) is 2.89. The summed E-state index contributed by atoms with van der Waals surface area (Å²) in [7, 11) is 1.63. The lowest BCUT2D eigenvalue weighted by atomic mass is 9.91. The summed E-state index contributed by atoms with van der Waals surface area (Å²) in [6.45, 7) is 2.15. The minimum absolute atomic E-state index is 0.111. The van der Waals surface area contributed by atoms with E-state index >= 15 is 0 Å². The van der Waals surface area contributed by atoms with E-state index in [1.54, 1.807) is 7.11 Å². The summed E-state index contributed by atoms with van der Waals surface area (Å²) in [5, 5.41) is 0. The predicted octanol–water partition coefficient (Wildman–Crippen LogP) is 1.99. The second-order valence-electron chi connectivity index (χ2n) is 5.47. The third kappa shape index (κ3) is 2.69. The number of hydrogen-bond acceptors (Lipinski definition) is 5. The standard InChI is InChI=1S/C15H21NO4/c1-17-11-2-3-13(16)14(8-11)20-12-4-6-19-15(9-12)5-7-18-10-15/h2-3,8,12H,4-7,9-10,16H2,1H3. The smallest absolute Gasteiger partial charge is 0.146 e. The lowest BCUT2D eigenvalue weighted by Gasteiger charge is -2.37. The first-order valence-corrected chi connectivity index (χ1v) is 7.03. The zero-order chi connectivity index (χ0) is 14.0. The van der Waals surface area contributed by atoms with Gasteiger partial charge >= 0.3 is 0 Å². The third-order valence-corrected chi connectivity index (χ3v) is 4.03. The van der Waals surface area contributed by atoms with Crippen molar-refractivity contribution in [1.82, 2.24) is 0 Å². The minimum atomic E-state index is -0.156. The van der Waals surface area contributed by atoms with Crippen LogP contribution in [0.4, 0.5) is 5.69 Å². The molecule has 2 aliphatic heterocycles. The van der Waals surface area contributed by atoms with Crippen LogP contribution in [0.25, 0.3) is 0 Å². The number of nitrogen functional groups attached to an aromatic ring is 1. The molecule has 2 aliphatic rings. The Balaban J connectivity index is 1.71. The normalized spacial score (nSPS) is 29.6. The lowest BCUT2D eigenvalue weighted by molar-refractivity contribution is -0.112. The van der Waals surface area contributed by atoms with E-state index in [1.165, 1.54) is 0 Å². The molecule has 2 heterocycles. The number of hydrogen-bond donors (Lipinski definition) is 1. The van der Waals surface area contributed by atoms with Gasteiger partial charge in [0.1, 0.15) is 17.6 Å². The van der Waals surface area contributed by atoms with Gasteiger partial charge in [0.05, 0.1) is 31.6 Å². The van der Waals surface area contributed by atoms with Crippen LogP contribution in [0.15, 0.2) is 18.2 Å². The molecular weight excluding hydrogens is 258 g/mol. The van der Waals surface area contributed by atoms with Gasteiger partial charge in [-0.15, -0.1) is 0 Å². The van der Waals surface area contributed by atoms with Crippen molar-refractivity contribution in [2.45, 2.75) is 31.0 Å². The molecule has 2 atom stereocenters. The Morgan fingerprint density at radius 1 is 1.35 bits per heavy atom. The minimum Gasteiger partial charge on any atom is -0.497 e. The Kier molecular flexibility index (Phi) is 3.72. The number of benzene rings is 1. The highest BCUT2D eigenvalue weighted by Crippen LogP contribution is 2.36. The van der Waals surface area contributed by atoms with Gasteiger partial charge in [0.25, 0.3) is 0 Å². The Bertz CT molecular complexity index is 471. The molecule has 5 nitrogen and oxygen atoms in total. The summed E-state index contributed by atoms with van der Waals surface area (Å²) in [4.78, 5) is 0. The molecule has 0 aliphatic carbocycles. The number of anilines is 1. The number of methoxy groups -OCH3 is 1. The van der Waals surface area contributed by atoms with Gasteiger partial charge in [-0.1, -0.05) is 0 Å². The molecule has 3 rings (SSSR count). The van der Waals surface area contributed by atoms with Gasteiger partial charge in [0.2, 0.25) is 0 Å². The number of nitrogens with two attached hydrogens (primary N) is 1. The molecule has 5 heteroatoms. The molecule has 1 aromatic carbocycles. The summed E-state index contributed by atoms with van der Waals surface area (Å²) >= 11 is 0. The van der Waals surface area contributed by atoms with Crippen molar-refractivity contribution in [2.75, 3.05) is 32.7 Å². The van der Waals surface area contributed by atoms with Crippen molar-refractivity contribution < 1.29 is 18.9 Å². The van der Waals surface area contributed by atoms with Crippen molar-refractivity contribution >= 4 is 5.69 Å². The maximum atomic E-state index is 6.07. The topological polar surface area (TPSA) is 62.9 Å². The predicted molar refractivity (Wildman–Crippen MR) is 75.2 cm³/mol. The van der Waals surface area contributed by atoms with E-state index in [0.29, 0.717) is 24.7 Å². The first-order chi connectivity index (χ1) is 9.71. The van der Waals surface area contributed by atoms with Gasteiger partial charge in [0, 0.05) is 31.9 Å². The maximum absolute atomic E-state index is 6.07. The molecule has 2 unspecified atom stereocenters. The molecule has 1 spiro atoms. The Morgan fingerprint density at radius 2 is 2.25 bits per heavy atom. The van der Waals surface area contributed by atoms with Crippen LogP contribution >= 0.6 is 0 Å². The van der Waals surface area contributed by atoms with Gasteiger partial charge in [0.15, 0.2) is 0 Å². The van der Waals surface area contributed by atoms with E-state index in [-0.39, 0.29) is 11.7 Å². The van der Waals surface area contributed by atoms with Crippen LogP contribution in [-0.4, -0.2) is 38.6 Å². The van der Waals surface area contributed by atoms with Crippen LogP contribution in [-0.2, 0) is 9.47 Å². The molecule has 0 amide bonds. The average molecular weight is 279 g/mol. The second kappa shape index (κ2) is 5.50. The van der Waals surface area contributed by atoms with Crippen molar-refractivity contribution in [3.05, 3.63) is 18.2 Å². The third-order valence-electron chi connectivity index (χ3n) is 4.03. The van der Waals surface area contributed by atoms with Crippen LogP contribution in [0, 0.1) is 0 Å². The number of rotatable bonds is 3. The molecule has 2 saturated heterocycles. The van der Waals surface area contributed by atoms with Crippen molar-refractivity contribution in [3.8, 4) is 11.5 Å². The zero-order valence-electron chi connectivity index (χ0n) is 11.8. The molecule has 110 valence electrons. The van der Waals surface area contributed by atoms with Crippen LogP contribution in [0.1, 0.15) is 19.3 Å². The molecular formula is C15H21NO4. The van der Waals surface area contributed by atoms with Gasteiger partial charge in [-0.25, -0.2) is 0 Å². The molecule has 1 aromatic rings. The molecule has 0 aromatic heterocycles. The first-order valence-electron chi connectivity index (χ1n) is 7.03. The highest BCUT2D eigenvalue weighted by Gasteiger charge is 2.41. The summed E-state index contributed by atoms with van der Waals surface area (Å²) in [5.74, 6) is 1.44. The highest BCUT2D eigenvalue weighted by molar-refractivity contribution is 5.55. The van der Waals surface area contributed by atoms with E-state index in [4.69, 9.17) is 24.7 Å². The van der Waals surface area contributed by atoms with E-state index in [2.05, 4.69) is 0 Å². The Morgan fingerprint density at radius 3 is 3.00 bits per heavy atom. The van der Waals surface area contributed by atoms with Crippen LogP contribution in [0.5, 0.6) is 11.5 Å². The fourth-order valence-electron chi connectivity index (χ4n) is 2.87. The molecule has 0 bridgehead atoms. The monoisotopic (exact) mass is 279 g/mol. The highest BCUT2D eigenvalue weighted by atomic mass is 16.6. The molecule has 20 heavy (non-hydrogen) atoms.